The number of aliphatic hydroxyl groups excluding tert-OH is 1. The Morgan fingerprint density at radius 1 is 0.933 bits per heavy atom. The number of carbonyl (C=O) groups excluding carboxylic acids is 2. The summed E-state index contributed by atoms with van der Waals surface area (Å²) in [6, 6.07) is 17.6. The first-order valence-electron chi connectivity index (χ1n) is 15.1. The number of aliphatic hydroxyl groups is 1. The van der Waals surface area contributed by atoms with Crippen LogP contribution in [0, 0.1) is 6.92 Å². The minimum atomic E-state index is -0.868. The lowest BCUT2D eigenvalue weighted by Gasteiger charge is -2.28. The van der Waals surface area contributed by atoms with Gasteiger partial charge in [-0.05, 0) is 53.9 Å². The second-order valence-electron chi connectivity index (χ2n) is 11.2. The number of hydrogen-bond acceptors (Lipinski definition) is 8. The summed E-state index contributed by atoms with van der Waals surface area (Å²) in [4.78, 5) is 30.2. The van der Waals surface area contributed by atoms with Crippen LogP contribution in [0.5, 0.6) is 23.0 Å². The van der Waals surface area contributed by atoms with Crippen LogP contribution in [0.4, 0.5) is 0 Å². The average molecular weight is 618 g/mol. The van der Waals surface area contributed by atoms with Gasteiger partial charge in [0.15, 0.2) is 11.5 Å². The molecule has 2 fully saturated rings. The number of ether oxygens (including phenoxy) is 5. The van der Waals surface area contributed by atoms with Crippen LogP contribution in [0.25, 0.3) is 5.76 Å². The molecule has 2 aliphatic heterocycles. The number of likely N-dealkylation sites (tertiary alicyclic amines) is 1. The van der Waals surface area contributed by atoms with Crippen molar-refractivity contribution in [3.05, 3.63) is 88.5 Å². The van der Waals surface area contributed by atoms with E-state index < -0.39 is 17.7 Å². The van der Waals surface area contributed by atoms with Gasteiger partial charge in [-0.2, -0.15) is 0 Å². The van der Waals surface area contributed by atoms with E-state index in [9.17, 15) is 14.7 Å². The third kappa shape index (κ3) is 6.92. The van der Waals surface area contributed by atoms with E-state index >= 15 is 0 Å². The fourth-order valence-corrected chi connectivity index (χ4v) is 5.98. The van der Waals surface area contributed by atoms with E-state index in [1.807, 2.05) is 37.3 Å². The second kappa shape index (κ2) is 14.5. The molecular formula is C35H41N2O8+. The molecule has 2 aliphatic rings. The summed E-state index contributed by atoms with van der Waals surface area (Å²) in [6.07, 6.45) is 0.676. The number of rotatable bonds is 12. The molecule has 5 rings (SSSR count). The zero-order valence-corrected chi connectivity index (χ0v) is 26.3. The molecule has 10 nitrogen and oxygen atoms in total. The minimum absolute atomic E-state index is 0.00495. The summed E-state index contributed by atoms with van der Waals surface area (Å²) < 4.78 is 28.2. The fourth-order valence-electron chi connectivity index (χ4n) is 5.98. The van der Waals surface area contributed by atoms with E-state index in [4.69, 9.17) is 23.7 Å². The first kappa shape index (κ1) is 31.9. The van der Waals surface area contributed by atoms with Gasteiger partial charge in [-0.1, -0.05) is 30.3 Å². The van der Waals surface area contributed by atoms with Crippen LogP contribution in [-0.2, 0) is 20.9 Å². The van der Waals surface area contributed by atoms with E-state index in [0.29, 0.717) is 66.9 Å². The van der Waals surface area contributed by atoms with E-state index in [1.54, 1.807) is 35.2 Å². The number of methoxy groups -OCH3 is 3. The number of benzene rings is 3. The second-order valence-corrected chi connectivity index (χ2v) is 11.2. The number of quaternary nitrogens is 1. The van der Waals surface area contributed by atoms with Gasteiger partial charge in [-0.25, -0.2) is 0 Å². The van der Waals surface area contributed by atoms with Crippen LogP contribution in [0.15, 0.2) is 66.2 Å². The quantitative estimate of drug-likeness (QED) is 0.181. The van der Waals surface area contributed by atoms with Crippen molar-refractivity contribution < 1.29 is 43.3 Å². The molecule has 0 aliphatic carbocycles. The van der Waals surface area contributed by atoms with Crippen molar-refractivity contribution in [2.75, 3.05) is 60.7 Å². The topological polar surface area (TPSA) is 108 Å². The van der Waals surface area contributed by atoms with E-state index in [1.165, 1.54) is 26.2 Å². The van der Waals surface area contributed by atoms with Crippen molar-refractivity contribution in [3.63, 3.8) is 0 Å². The van der Waals surface area contributed by atoms with Crippen LogP contribution >= 0.6 is 0 Å². The maximum Gasteiger partial charge on any atom is 0.295 e. The largest absolute Gasteiger partial charge is 0.507 e. The Labute approximate surface area is 263 Å². The zero-order valence-electron chi connectivity index (χ0n) is 26.3. The maximum atomic E-state index is 13.7. The highest BCUT2D eigenvalue weighted by Crippen LogP contribution is 2.46. The Bertz CT molecular complexity index is 1520. The van der Waals surface area contributed by atoms with Gasteiger partial charge >= 0.3 is 0 Å². The normalized spacial score (nSPS) is 18.2. The van der Waals surface area contributed by atoms with Crippen LogP contribution < -0.4 is 23.8 Å². The lowest BCUT2D eigenvalue weighted by molar-refractivity contribution is -0.908. The third-order valence-electron chi connectivity index (χ3n) is 8.36. The number of aryl methyl sites for hydroxylation is 1. The maximum absolute atomic E-state index is 13.7. The van der Waals surface area contributed by atoms with Gasteiger partial charge in [-0.3, -0.25) is 9.59 Å². The number of amides is 1. The molecule has 2 N–H and O–H groups in total. The van der Waals surface area contributed by atoms with Gasteiger partial charge < -0.3 is 38.6 Å². The average Bonchev–Trinajstić information content (AvgIpc) is 3.32. The summed E-state index contributed by atoms with van der Waals surface area (Å²) in [5.41, 5.74) is 2.79. The van der Waals surface area contributed by atoms with Crippen LogP contribution in [0.1, 0.15) is 34.7 Å². The summed E-state index contributed by atoms with van der Waals surface area (Å²) in [6.45, 7) is 6.66. The predicted octanol–water partition coefficient (Wildman–Crippen LogP) is 3.33. The highest BCUT2D eigenvalue weighted by Gasteiger charge is 2.46. The Balaban J connectivity index is 1.51. The molecule has 238 valence electrons. The van der Waals surface area contributed by atoms with Crippen molar-refractivity contribution in [1.29, 1.82) is 0 Å². The molecule has 0 bridgehead atoms. The number of hydrogen-bond donors (Lipinski definition) is 2. The van der Waals surface area contributed by atoms with Gasteiger partial charge in [0.1, 0.15) is 31.2 Å². The molecule has 0 saturated carbocycles. The Hall–Kier alpha value is -4.54. The third-order valence-corrected chi connectivity index (χ3v) is 8.36. The van der Waals surface area contributed by atoms with Crippen molar-refractivity contribution in [3.8, 4) is 23.0 Å². The van der Waals surface area contributed by atoms with Crippen molar-refractivity contribution in [2.45, 2.75) is 26.0 Å². The lowest BCUT2D eigenvalue weighted by Crippen LogP contribution is -3.14. The molecule has 3 aromatic carbocycles. The van der Waals surface area contributed by atoms with Gasteiger partial charge in [0, 0.05) is 18.5 Å². The lowest BCUT2D eigenvalue weighted by atomic mass is 9.94. The molecule has 0 aromatic heterocycles. The number of nitrogens with zero attached hydrogens (tertiary/aromatic N) is 1. The standard InChI is InChI=1S/C35H40N2O8/c1-23-19-25(11-12-27(23)45-22-24-9-6-5-7-10-24)32(38)30-31(26-20-28(41-2)34(43-4)29(21-26)42-3)37(35(40)33(30)39)14-8-13-36-15-17-44-18-16-36/h5-7,9-12,19-21,31,38H,8,13-18,22H2,1-4H3/p+1/t31-/m0/s1. The monoisotopic (exact) mass is 617 g/mol. The number of ketones is 1. The highest BCUT2D eigenvalue weighted by molar-refractivity contribution is 6.46. The van der Waals surface area contributed by atoms with Crippen LogP contribution in [-0.4, -0.2) is 82.4 Å². The number of nitrogens with one attached hydrogen (secondary N) is 1. The predicted molar refractivity (Wildman–Crippen MR) is 168 cm³/mol. The fraction of sp³-hybridized carbons (Fsp3) is 0.371. The first-order valence-corrected chi connectivity index (χ1v) is 15.1. The number of carbonyl (C=O) groups is 2. The number of Topliss-reactive ketones (excluding diaryl/α,β-unsaturated/α-hetero) is 1. The van der Waals surface area contributed by atoms with Gasteiger partial charge in [0.05, 0.1) is 52.7 Å². The zero-order chi connectivity index (χ0) is 31.9. The molecule has 2 heterocycles. The molecule has 2 saturated heterocycles. The van der Waals surface area contributed by atoms with E-state index in [0.717, 1.165) is 30.8 Å². The Kier molecular flexibility index (Phi) is 10.3. The molecule has 1 amide bonds. The molecule has 0 radical (unpaired) electrons. The molecule has 10 heteroatoms. The first-order chi connectivity index (χ1) is 21.9. The van der Waals surface area contributed by atoms with Gasteiger partial charge in [-0.15, -0.1) is 0 Å². The van der Waals surface area contributed by atoms with Gasteiger partial charge in [0.2, 0.25) is 5.75 Å². The number of morpholine rings is 1. The van der Waals surface area contributed by atoms with Crippen LogP contribution in [0.2, 0.25) is 0 Å². The highest BCUT2D eigenvalue weighted by atomic mass is 16.5. The summed E-state index contributed by atoms with van der Waals surface area (Å²) in [5, 5.41) is 11.7. The summed E-state index contributed by atoms with van der Waals surface area (Å²) in [5.74, 6) is 0.142. The Morgan fingerprint density at radius 3 is 2.24 bits per heavy atom. The van der Waals surface area contributed by atoms with E-state index in [-0.39, 0.29) is 11.3 Å². The van der Waals surface area contributed by atoms with Gasteiger partial charge in [0.25, 0.3) is 11.7 Å². The molecule has 1 atom stereocenters. The smallest absolute Gasteiger partial charge is 0.295 e. The molecule has 45 heavy (non-hydrogen) atoms. The Morgan fingerprint density at radius 2 is 1.62 bits per heavy atom. The molecule has 3 aromatic rings. The van der Waals surface area contributed by atoms with Crippen molar-refractivity contribution in [2.24, 2.45) is 0 Å². The van der Waals surface area contributed by atoms with Crippen molar-refractivity contribution >= 4 is 17.4 Å². The summed E-state index contributed by atoms with van der Waals surface area (Å²) >= 11 is 0. The molecular weight excluding hydrogens is 576 g/mol. The van der Waals surface area contributed by atoms with Crippen molar-refractivity contribution in [1.82, 2.24) is 4.90 Å². The SMILES string of the molecule is COc1cc([C@H]2C(=C(O)c3ccc(OCc4ccccc4)c(C)c3)C(=O)C(=O)N2CCC[NH+]2CCOCC2)cc(OC)c1OC. The van der Waals surface area contributed by atoms with Crippen LogP contribution in [0.3, 0.4) is 0 Å². The minimum Gasteiger partial charge on any atom is -0.507 e. The summed E-state index contributed by atoms with van der Waals surface area (Å²) in [7, 11) is 4.52. The van der Waals surface area contributed by atoms with E-state index in [2.05, 4.69) is 0 Å². The molecule has 0 spiro atoms. The molecule has 0 unspecified atom stereocenters.